The number of ether oxygens (including phenoxy) is 1. The largest absolute Gasteiger partial charge is 0.478 e. The average molecular weight is 305 g/mol. The van der Waals surface area contributed by atoms with E-state index in [9.17, 15) is 4.79 Å². The zero-order valence-electron chi connectivity index (χ0n) is 11.0. The van der Waals surface area contributed by atoms with Gasteiger partial charge in [-0.3, -0.25) is 0 Å². The second-order valence-electron chi connectivity index (χ2n) is 4.26. The molecular formula is C16H13ClO4. The smallest absolute Gasteiger partial charge is 0.328 e. The zero-order chi connectivity index (χ0) is 15.2. The Balaban J connectivity index is 2.18. The van der Waals surface area contributed by atoms with Crippen LogP contribution >= 0.6 is 11.6 Å². The molecular weight excluding hydrogens is 292 g/mol. The highest BCUT2D eigenvalue weighted by molar-refractivity contribution is 6.32. The first-order valence-corrected chi connectivity index (χ1v) is 6.54. The number of hydrogen-bond donors (Lipinski definition) is 2. The van der Waals surface area contributed by atoms with Crippen molar-refractivity contribution >= 4 is 23.6 Å². The third kappa shape index (κ3) is 4.34. The minimum Gasteiger partial charge on any atom is -0.478 e. The maximum atomic E-state index is 10.5. The first-order valence-electron chi connectivity index (χ1n) is 6.16. The molecule has 0 radical (unpaired) electrons. The number of halogens is 1. The molecule has 0 spiro atoms. The van der Waals surface area contributed by atoms with Gasteiger partial charge in [0.2, 0.25) is 0 Å². The summed E-state index contributed by atoms with van der Waals surface area (Å²) in [7, 11) is 0. The second-order valence-corrected chi connectivity index (χ2v) is 4.67. The van der Waals surface area contributed by atoms with Crippen LogP contribution in [-0.2, 0) is 11.4 Å². The highest BCUT2D eigenvalue weighted by atomic mass is 35.5. The van der Waals surface area contributed by atoms with Crippen LogP contribution < -0.4 is 4.74 Å². The molecule has 0 atom stereocenters. The van der Waals surface area contributed by atoms with Crippen molar-refractivity contribution in [2.24, 2.45) is 0 Å². The van der Waals surface area contributed by atoms with Crippen LogP contribution in [0.1, 0.15) is 11.1 Å². The Morgan fingerprint density at radius 3 is 2.62 bits per heavy atom. The van der Waals surface area contributed by atoms with Crippen LogP contribution in [0.3, 0.4) is 0 Å². The molecule has 108 valence electrons. The molecule has 0 amide bonds. The molecule has 4 nitrogen and oxygen atoms in total. The van der Waals surface area contributed by atoms with E-state index in [0.29, 0.717) is 22.1 Å². The van der Waals surface area contributed by atoms with Gasteiger partial charge in [0, 0.05) is 6.08 Å². The van der Waals surface area contributed by atoms with Gasteiger partial charge >= 0.3 is 5.97 Å². The summed E-state index contributed by atoms with van der Waals surface area (Å²) in [5.41, 5.74) is 1.34. The van der Waals surface area contributed by atoms with Crippen molar-refractivity contribution in [2.75, 3.05) is 0 Å². The van der Waals surface area contributed by atoms with Gasteiger partial charge in [0.25, 0.3) is 0 Å². The van der Waals surface area contributed by atoms with E-state index in [1.165, 1.54) is 6.08 Å². The van der Waals surface area contributed by atoms with Gasteiger partial charge in [-0.2, -0.15) is 0 Å². The molecule has 0 aliphatic heterocycles. The molecule has 5 heteroatoms. The molecule has 2 N–H and O–H groups in total. The van der Waals surface area contributed by atoms with Crippen molar-refractivity contribution in [1.82, 2.24) is 0 Å². The van der Waals surface area contributed by atoms with E-state index < -0.39 is 5.97 Å². The Labute approximate surface area is 126 Å². The first-order chi connectivity index (χ1) is 10.1. The van der Waals surface area contributed by atoms with Gasteiger partial charge in [0.05, 0.1) is 11.6 Å². The number of aliphatic carboxylic acids is 1. The van der Waals surface area contributed by atoms with E-state index in [2.05, 4.69) is 0 Å². The van der Waals surface area contributed by atoms with E-state index in [4.69, 9.17) is 26.6 Å². The Hall–Kier alpha value is -2.30. The lowest BCUT2D eigenvalue weighted by atomic mass is 10.2. The number of hydrogen-bond acceptors (Lipinski definition) is 3. The van der Waals surface area contributed by atoms with Crippen molar-refractivity contribution in [3.63, 3.8) is 0 Å². The fourth-order valence-electron chi connectivity index (χ4n) is 1.71. The SMILES string of the molecule is O=C(O)/C=C/c1ccc(Oc2cccc(CO)c2)cc1Cl. The highest BCUT2D eigenvalue weighted by Gasteiger charge is 2.03. The van der Waals surface area contributed by atoms with Gasteiger partial charge in [-0.25, -0.2) is 4.79 Å². The number of carboxylic acids is 1. The van der Waals surface area contributed by atoms with Crippen LogP contribution in [-0.4, -0.2) is 16.2 Å². The number of aliphatic hydroxyl groups is 1. The number of carbonyl (C=O) groups is 1. The summed E-state index contributed by atoms with van der Waals surface area (Å²) in [6.07, 6.45) is 2.44. The molecule has 0 saturated heterocycles. The normalized spacial score (nSPS) is 10.8. The summed E-state index contributed by atoms with van der Waals surface area (Å²) < 4.78 is 5.65. The van der Waals surface area contributed by atoms with Crippen molar-refractivity contribution in [3.05, 3.63) is 64.7 Å². The predicted molar refractivity (Wildman–Crippen MR) is 80.6 cm³/mol. The van der Waals surface area contributed by atoms with Gasteiger partial charge in [-0.05, 0) is 47.5 Å². The van der Waals surface area contributed by atoms with Gasteiger partial charge in [-0.15, -0.1) is 0 Å². The van der Waals surface area contributed by atoms with Gasteiger partial charge in [0.15, 0.2) is 0 Å². The lowest BCUT2D eigenvalue weighted by molar-refractivity contribution is -0.131. The third-order valence-corrected chi connectivity index (χ3v) is 3.02. The van der Waals surface area contributed by atoms with Crippen molar-refractivity contribution < 1.29 is 19.7 Å². The van der Waals surface area contributed by atoms with Crippen molar-refractivity contribution in [3.8, 4) is 11.5 Å². The van der Waals surface area contributed by atoms with Crippen molar-refractivity contribution in [1.29, 1.82) is 0 Å². The topological polar surface area (TPSA) is 66.8 Å². The maximum Gasteiger partial charge on any atom is 0.328 e. The maximum absolute atomic E-state index is 10.5. The predicted octanol–water partition coefficient (Wildman–Crippen LogP) is 3.72. The minimum absolute atomic E-state index is 0.0587. The Kier molecular flexibility index (Phi) is 4.98. The van der Waals surface area contributed by atoms with E-state index in [1.807, 2.05) is 0 Å². The molecule has 2 rings (SSSR count). The molecule has 0 heterocycles. The quantitative estimate of drug-likeness (QED) is 0.826. The first kappa shape index (κ1) is 15.1. The Morgan fingerprint density at radius 1 is 1.19 bits per heavy atom. The van der Waals surface area contributed by atoms with Crippen LogP contribution in [0.2, 0.25) is 5.02 Å². The molecule has 0 aromatic heterocycles. The molecule has 0 fully saturated rings. The van der Waals surface area contributed by atoms with Crippen LogP contribution in [0, 0.1) is 0 Å². The summed E-state index contributed by atoms with van der Waals surface area (Å²) in [4.78, 5) is 10.5. The van der Waals surface area contributed by atoms with Crippen LogP contribution in [0.5, 0.6) is 11.5 Å². The fourth-order valence-corrected chi connectivity index (χ4v) is 1.94. The molecule has 2 aromatic carbocycles. The van der Waals surface area contributed by atoms with Gasteiger partial charge in [0.1, 0.15) is 11.5 Å². The van der Waals surface area contributed by atoms with Crippen LogP contribution in [0.4, 0.5) is 0 Å². The van der Waals surface area contributed by atoms with E-state index in [-0.39, 0.29) is 6.61 Å². The molecule has 0 unspecified atom stereocenters. The van der Waals surface area contributed by atoms with E-state index in [1.54, 1.807) is 42.5 Å². The fraction of sp³-hybridized carbons (Fsp3) is 0.0625. The molecule has 0 aliphatic carbocycles. The summed E-state index contributed by atoms with van der Waals surface area (Å²) in [6.45, 7) is -0.0587. The Morgan fingerprint density at radius 2 is 1.95 bits per heavy atom. The average Bonchev–Trinajstić information content (AvgIpc) is 2.46. The van der Waals surface area contributed by atoms with Gasteiger partial charge in [-0.1, -0.05) is 23.7 Å². The standard InChI is InChI=1S/C16H13ClO4/c17-15-9-14(6-4-12(15)5-7-16(19)20)21-13-3-1-2-11(8-13)10-18/h1-9,18H,10H2,(H,19,20)/b7-5+. The van der Waals surface area contributed by atoms with Crippen LogP contribution in [0.15, 0.2) is 48.5 Å². The molecule has 2 aromatic rings. The lowest BCUT2D eigenvalue weighted by Crippen LogP contribution is -1.89. The lowest BCUT2D eigenvalue weighted by Gasteiger charge is -2.08. The second kappa shape index (κ2) is 6.92. The number of benzene rings is 2. The minimum atomic E-state index is -1.03. The molecule has 0 saturated carbocycles. The van der Waals surface area contributed by atoms with E-state index in [0.717, 1.165) is 11.6 Å². The number of carboxylic acid groups (broad SMARTS) is 1. The molecule has 0 bridgehead atoms. The highest BCUT2D eigenvalue weighted by Crippen LogP contribution is 2.28. The summed E-state index contributed by atoms with van der Waals surface area (Å²) in [5, 5.41) is 18.1. The summed E-state index contributed by atoms with van der Waals surface area (Å²) in [6, 6.07) is 12.0. The Bertz CT molecular complexity index is 680. The monoisotopic (exact) mass is 304 g/mol. The summed E-state index contributed by atoms with van der Waals surface area (Å²) in [5.74, 6) is 0.0845. The third-order valence-electron chi connectivity index (χ3n) is 2.69. The van der Waals surface area contributed by atoms with Crippen molar-refractivity contribution in [2.45, 2.75) is 6.61 Å². The molecule has 21 heavy (non-hydrogen) atoms. The van der Waals surface area contributed by atoms with Crippen LogP contribution in [0.25, 0.3) is 6.08 Å². The van der Waals surface area contributed by atoms with E-state index >= 15 is 0 Å². The number of aliphatic hydroxyl groups excluding tert-OH is 1. The van der Waals surface area contributed by atoms with Gasteiger partial charge < -0.3 is 14.9 Å². The molecule has 0 aliphatic rings. The summed E-state index contributed by atoms with van der Waals surface area (Å²) >= 11 is 6.07. The number of rotatable bonds is 5. The zero-order valence-corrected chi connectivity index (χ0v) is 11.7.